The van der Waals surface area contributed by atoms with Crippen molar-refractivity contribution in [1.29, 1.82) is 0 Å². The molecule has 0 atom stereocenters. The highest BCUT2D eigenvalue weighted by Gasteiger charge is 2.13. The zero-order chi connectivity index (χ0) is 14.1. The quantitative estimate of drug-likeness (QED) is 0.647. The molecular weight excluding hydrogens is 358 g/mol. The van der Waals surface area contributed by atoms with E-state index in [9.17, 15) is 0 Å². The molecule has 0 aliphatic rings. The molecule has 2 aromatic carbocycles. The van der Waals surface area contributed by atoms with Gasteiger partial charge in [0.1, 0.15) is 0 Å². The summed E-state index contributed by atoms with van der Waals surface area (Å²) < 4.78 is 3.31. The largest absolute Gasteiger partial charge is 0.268 e. The topological polar surface area (TPSA) is 33.6 Å². The third-order valence-electron chi connectivity index (χ3n) is 2.86. The Bertz CT molecular complexity index is 811. The summed E-state index contributed by atoms with van der Waals surface area (Å²) in [6, 6.07) is 15.4. The monoisotopic (exact) mass is 365 g/mol. The number of nitrogens with one attached hydrogen (secondary N) is 1. The Morgan fingerprint density at radius 2 is 1.90 bits per heavy atom. The van der Waals surface area contributed by atoms with Crippen molar-refractivity contribution in [2.75, 3.05) is 0 Å². The minimum Gasteiger partial charge on any atom is -0.268 e. The first-order valence-corrected chi connectivity index (χ1v) is 7.43. The molecule has 1 aromatic heterocycles. The Hall–Kier alpha value is -1.43. The average Bonchev–Trinajstić information content (AvgIpc) is 2.81. The van der Waals surface area contributed by atoms with E-state index in [0.717, 1.165) is 21.5 Å². The molecule has 6 heteroatoms. The SMILES string of the molecule is S=c1[nH]nc(-c2ccc(Cl)cc2Br)n1-c1ccccc1. The number of H-pyrrole nitrogens is 1. The van der Waals surface area contributed by atoms with Gasteiger partial charge in [-0.1, -0.05) is 29.8 Å². The van der Waals surface area contributed by atoms with Gasteiger partial charge in [0.25, 0.3) is 0 Å². The van der Waals surface area contributed by atoms with Gasteiger partial charge in [0.2, 0.25) is 0 Å². The molecule has 0 spiro atoms. The Balaban J connectivity index is 2.24. The second-order valence-electron chi connectivity index (χ2n) is 4.15. The van der Waals surface area contributed by atoms with E-state index in [0.29, 0.717) is 9.79 Å². The van der Waals surface area contributed by atoms with E-state index >= 15 is 0 Å². The van der Waals surface area contributed by atoms with Gasteiger partial charge >= 0.3 is 0 Å². The fourth-order valence-electron chi connectivity index (χ4n) is 1.97. The van der Waals surface area contributed by atoms with Gasteiger partial charge in [0, 0.05) is 20.7 Å². The zero-order valence-corrected chi connectivity index (χ0v) is 13.3. The number of rotatable bonds is 2. The lowest BCUT2D eigenvalue weighted by molar-refractivity contribution is 1.04. The van der Waals surface area contributed by atoms with Gasteiger partial charge in [-0.2, -0.15) is 5.10 Å². The van der Waals surface area contributed by atoms with Crippen molar-refractivity contribution in [1.82, 2.24) is 14.8 Å². The number of aromatic amines is 1. The summed E-state index contributed by atoms with van der Waals surface area (Å²) in [6.45, 7) is 0. The summed E-state index contributed by atoms with van der Waals surface area (Å²) in [4.78, 5) is 0. The summed E-state index contributed by atoms with van der Waals surface area (Å²) in [7, 11) is 0. The highest BCUT2D eigenvalue weighted by atomic mass is 79.9. The first kappa shape index (κ1) is 13.5. The molecule has 0 saturated heterocycles. The number of benzene rings is 2. The van der Waals surface area contributed by atoms with Crippen LogP contribution in [0.4, 0.5) is 0 Å². The Kier molecular flexibility index (Phi) is 3.74. The van der Waals surface area contributed by atoms with Gasteiger partial charge in [-0.25, -0.2) is 0 Å². The molecule has 0 aliphatic carbocycles. The third-order valence-corrected chi connectivity index (χ3v) is 4.02. The van der Waals surface area contributed by atoms with Crippen LogP contribution >= 0.6 is 39.7 Å². The van der Waals surface area contributed by atoms with Gasteiger partial charge in [-0.3, -0.25) is 9.67 Å². The molecule has 0 radical (unpaired) electrons. The molecule has 0 unspecified atom stereocenters. The first-order valence-electron chi connectivity index (χ1n) is 5.85. The van der Waals surface area contributed by atoms with E-state index in [1.165, 1.54) is 0 Å². The predicted molar refractivity (Wildman–Crippen MR) is 86.9 cm³/mol. The molecular formula is C14H9BrClN3S. The lowest BCUT2D eigenvalue weighted by Crippen LogP contribution is -1.97. The molecule has 0 saturated carbocycles. The third kappa shape index (κ3) is 2.44. The van der Waals surface area contributed by atoms with Crippen molar-refractivity contribution in [2.45, 2.75) is 0 Å². The second-order valence-corrected chi connectivity index (χ2v) is 5.82. The second kappa shape index (κ2) is 5.52. The van der Waals surface area contributed by atoms with Crippen molar-refractivity contribution in [3.63, 3.8) is 0 Å². The van der Waals surface area contributed by atoms with Crippen LogP contribution in [-0.2, 0) is 0 Å². The summed E-state index contributed by atoms with van der Waals surface area (Å²) in [6.07, 6.45) is 0. The van der Waals surface area contributed by atoms with Crippen LogP contribution in [0.5, 0.6) is 0 Å². The van der Waals surface area contributed by atoms with Crippen molar-refractivity contribution >= 4 is 39.7 Å². The minimum atomic E-state index is 0.549. The molecule has 100 valence electrons. The van der Waals surface area contributed by atoms with Crippen LogP contribution in [0.15, 0.2) is 53.0 Å². The molecule has 3 nitrogen and oxygen atoms in total. The van der Waals surface area contributed by atoms with Crippen LogP contribution < -0.4 is 0 Å². The van der Waals surface area contributed by atoms with Crippen LogP contribution in [0, 0.1) is 4.77 Å². The van der Waals surface area contributed by atoms with Crippen molar-refractivity contribution in [2.24, 2.45) is 0 Å². The molecule has 0 fully saturated rings. The molecule has 3 rings (SSSR count). The Labute approximate surface area is 134 Å². The Morgan fingerprint density at radius 1 is 1.15 bits per heavy atom. The average molecular weight is 367 g/mol. The lowest BCUT2D eigenvalue weighted by atomic mass is 10.2. The van der Waals surface area contributed by atoms with E-state index in [1.807, 2.05) is 53.1 Å². The van der Waals surface area contributed by atoms with Gasteiger partial charge in [0.15, 0.2) is 10.6 Å². The fourth-order valence-corrected chi connectivity index (χ4v) is 3.06. The van der Waals surface area contributed by atoms with Crippen LogP contribution in [0.25, 0.3) is 17.1 Å². The highest BCUT2D eigenvalue weighted by molar-refractivity contribution is 9.10. The number of hydrogen-bond acceptors (Lipinski definition) is 2. The van der Waals surface area contributed by atoms with Gasteiger partial charge in [-0.15, -0.1) is 0 Å². The Morgan fingerprint density at radius 3 is 2.60 bits per heavy atom. The van der Waals surface area contributed by atoms with Crippen molar-refractivity contribution in [3.8, 4) is 17.1 Å². The lowest BCUT2D eigenvalue weighted by Gasteiger charge is -2.08. The molecule has 1 N–H and O–H groups in total. The number of aromatic nitrogens is 3. The van der Waals surface area contributed by atoms with Crippen LogP contribution in [0.1, 0.15) is 0 Å². The van der Waals surface area contributed by atoms with Crippen LogP contribution in [0.2, 0.25) is 5.02 Å². The highest BCUT2D eigenvalue weighted by Crippen LogP contribution is 2.30. The van der Waals surface area contributed by atoms with E-state index in [-0.39, 0.29) is 0 Å². The van der Waals surface area contributed by atoms with Gasteiger partial charge < -0.3 is 0 Å². The van der Waals surface area contributed by atoms with Crippen LogP contribution in [-0.4, -0.2) is 14.8 Å². The summed E-state index contributed by atoms with van der Waals surface area (Å²) >= 11 is 14.8. The first-order chi connectivity index (χ1) is 9.66. The maximum absolute atomic E-state index is 5.98. The van der Waals surface area contributed by atoms with E-state index in [4.69, 9.17) is 23.8 Å². The molecule has 1 heterocycles. The number of halogens is 2. The maximum atomic E-state index is 5.98. The number of para-hydroxylation sites is 1. The molecule has 0 amide bonds. The van der Waals surface area contributed by atoms with Crippen LogP contribution in [0.3, 0.4) is 0 Å². The normalized spacial score (nSPS) is 10.7. The van der Waals surface area contributed by atoms with Gasteiger partial charge in [-0.05, 0) is 58.5 Å². The molecule has 0 bridgehead atoms. The zero-order valence-electron chi connectivity index (χ0n) is 10.2. The molecule has 20 heavy (non-hydrogen) atoms. The van der Waals surface area contributed by atoms with Crippen molar-refractivity contribution < 1.29 is 0 Å². The van der Waals surface area contributed by atoms with E-state index in [1.54, 1.807) is 0 Å². The van der Waals surface area contributed by atoms with Crippen molar-refractivity contribution in [3.05, 3.63) is 62.8 Å². The maximum Gasteiger partial charge on any atom is 0.200 e. The van der Waals surface area contributed by atoms with E-state index in [2.05, 4.69) is 26.1 Å². The number of hydrogen-bond donors (Lipinski definition) is 1. The standard InChI is InChI=1S/C14H9BrClN3S/c15-12-8-9(16)6-7-11(12)13-17-18-14(20)19(13)10-4-2-1-3-5-10/h1-8H,(H,18,20). The molecule has 0 aliphatic heterocycles. The number of nitrogens with zero attached hydrogens (tertiary/aromatic N) is 2. The summed E-state index contributed by atoms with van der Waals surface area (Å²) in [5, 5.41) is 7.83. The smallest absolute Gasteiger partial charge is 0.200 e. The fraction of sp³-hybridized carbons (Fsp3) is 0. The minimum absolute atomic E-state index is 0.549. The summed E-state index contributed by atoms with van der Waals surface area (Å²) in [5.41, 5.74) is 1.88. The van der Waals surface area contributed by atoms with Gasteiger partial charge in [0.05, 0.1) is 0 Å². The summed E-state index contributed by atoms with van der Waals surface area (Å²) in [5.74, 6) is 0.741. The predicted octanol–water partition coefficient (Wildman–Crippen LogP) is 5.01. The van der Waals surface area contributed by atoms with E-state index < -0.39 is 0 Å². The molecule has 3 aromatic rings.